The second-order valence-corrected chi connectivity index (χ2v) is 11.8. The minimum absolute atomic E-state index is 0.00836. The molecule has 0 aliphatic carbocycles. The summed E-state index contributed by atoms with van der Waals surface area (Å²) in [5.41, 5.74) is 0.845. The first-order chi connectivity index (χ1) is 19.1. The van der Waals surface area contributed by atoms with Crippen LogP contribution in [0.4, 0.5) is 5.69 Å². The van der Waals surface area contributed by atoms with Crippen molar-refractivity contribution in [3.63, 3.8) is 0 Å². The minimum atomic E-state index is -4.22. The number of methoxy groups -OCH3 is 1. The summed E-state index contributed by atoms with van der Waals surface area (Å²) in [7, 11) is -2.68. The van der Waals surface area contributed by atoms with Crippen LogP contribution in [0.2, 0.25) is 10.0 Å². The number of hydrogen-bond donors (Lipinski definition) is 1. The Kier molecular flexibility index (Phi) is 11.2. The average molecular weight is 607 g/mol. The fourth-order valence-corrected chi connectivity index (χ4v) is 6.12. The fourth-order valence-electron chi connectivity index (χ4n) is 4.18. The first kappa shape index (κ1) is 31.3. The lowest BCUT2D eigenvalue weighted by atomic mass is 10.1. The van der Waals surface area contributed by atoms with E-state index in [0.717, 1.165) is 16.3 Å². The van der Waals surface area contributed by atoms with Gasteiger partial charge in [-0.25, -0.2) is 8.42 Å². The highest BCUT2D eigenvalue weighted by Gasteiger charge is 2.33. The topological polar surface area (TPSA) is 96.0 Å². The predicted molar refractivity (Wildman–Crippen MR) is 158 cm³/mol. The van der Waals surface area contributed by atoms with Crippen molar-refractivity contribution in [1.82, 2.24) is 10.2 Å². The van der Waals surface area contributed by atoms with Crippen molar-refractivity contribution in [3.05, 3.63) is 88.4 Å². The van der Waals surface area contributed by atoms with Crippen LogP contribution in [-0.4, -0.2) is 51.4 Å². The third kappa shape index (κ3) is 7.90. The maximum Gasteiger partial charge on any atom is 0.264 e. The average Bonchev–Trinajstić information content (AvgIpc) is 2.94. The van der Waals surface area contributed by atoms with E-state index in [9.17, 15) is 18.0 Å². The summed E-state index contributed by atoms with van der Waals surface area (Å²) < 4.78 is 34.0. The van der Waals surface area contributed by atoms with Crippen LogP contribution in [0.15, 0.2) is 77.7 Å². The zero-order valence-corrected chi connectivity index (χ0v) is 25.0. The molecule has 0 aliphatic rings. The number of halogens is 2. The van der Waals surface area contributed by atoms with E-state index < -0.39 is 28.5 Å². The monoisotopic (exact) mass is 605 g/mol. The molecule has 0 radical (unpaired) electrons. The molecule has 214 valence electrons. The number of ether oxygens (including phenoxy) is 1. The van der Waals surface area contributed by atoms with Crippen molar-refractivity contribution in [2.24, 2.45) is 0 Å². The maximum absolute atomic E-state index is 14.1. The number of carbonyl (C=O) groups is 2. The van der Waals surface area contributed by atoms with E-state index in [4.69, 9.17) is 27.9 Å². The molecule has 0 heterocycles. The van der Waals surface area contributed by atoms with Gasteiger partial charge in [0.25, 0.3) is 10.0 Å². The molecule has 0 bridgehead atoms. The highest BCUT2D eigenvalue weighted by atomic mass is 35.5. The van der Waals surface area contributed by atoms with E-state index in [1.807, 2.05) is 13.0 Å². The summed E-state index contributed by atoms with van der Waals surface area (Å²) in [6.07, 6.45) is 1.05. The Bertz CT molecular complexity index is 1400. The zero-order valence-electron chi connectivity index (χ0n) is 22.6. The molecule has 3 aromatic carbocycles. The smallest absolute Gasteiger partial charge is 0.264 e. The molecular weight excluding hydrogens is 573 g/mol. The van der Waals surface area contributed by atoms with Gasteiger partial charge in [-0.1, -0.05) is 67.4 Å². The van der Waals surface area contributed by atoms with Crippen LogP contribution in [0.25, 0.3) is 0 Å². The second kappa shape index (κ2) is 14.4. The van der Waals surface area contributed by atoms with Crippen LogP contribution < -0.4 is 14.4 Å². The van der Waals surface area contributed by atoms with Gasteiger partial charge < -0.3 is 15.0 Å². The fraction of sp³-hybridized carbons (Fsp3) is 0.310. The second-order valence-electron chi connectivity index (χ2n) is 9.04. The van der Waals surface area contributed by atoms with Gasteiger partial charge in [-0.3, -0.25) is 13.9 Å². The van der Waals surface area contributed by atoms with Crippen molar-refractivity contribution in [2.75, 3.05) is 24.5 Å². The number of rotatable bonds is 13. The van der Waals surface area contributed by atoms with Crippen molar-refractivity contribution in [3.8, 4) is 5.75 Å². The molecule has 40 heavy (non-hydrogen) atoms. The largest absolute Gasteiger partial charge is 0.497 e. The number of nitrogens with zero attached hydrogens (tertiary/aromatic N) is 2. The Morgan fingerprint density at radius 2 is 1.62 bits per heavy atom. The Morgan fingerprint density at radius 3 is 2.23 bits per heavy atom. The number of nitrogens with one attached hydrogen (secondary N) is 1. The molecule has 8 nitrogen and oxygen atoms in total. The van der Waals surface area contributed by atoms with Gasteiger partial charge in [-0.2, -0.15) is 0 Å². The van der Waals surface area contributed by atoms with Crippen molar-refractivity contribution in [1.29, 1.82) is 0 Å². The summed E-state index contributed by atoms with van der Waals surface area (Å²) in [6, 6.07) is 18.4. The molecule has 0 aromatic heterocycles. The molecule has 11 heteroatoms. The molecule has 1 atom stereocenters. The SMILES string of the molecule is CCCNC(=O)[C@@H](CC)N(Cc1cccc(OC)c1)C(=O)CN(c1cc(Cl)cc(Cl)c1)S(=O)(=O)c1ccccc1. The normalized spacial score (nSPS) is 11.9. The van der Waals surface area contributed by atoms with Crippen LogP contribution in [-0.2, 0) is 26.2 Å². The van der Waals surface area contributed by atoms with E-state index in [1.165, 1.54) is 42.3 Å². The first-order valence-corrected chi connectivity index (χ1v) is 15.0. The van der Waals surface area contributed by atoms with E-state index in [0.29, 0.717) is 18.7 Å². The van der Waals surface area contributed by atoms with Gasteiger partial charge in [0.1, 0.15) is 18.3 Å². The van der Waals surface area contributed by atoms with Crippen molar-refractivity contribution in [2.45, 2.75) is 44.2 Å². The quantitative estimate of drug-likeness (QED) is 0.276. The Hall–Kier alpha value is -3.27. The Morgan fingerprint density at radius 1 is 0.950 bits per heavy atom. The van der Waals surface area contributed by atoms with Gasteiger partial charge in [-0.05, 0) is 60.9 Å². The lowest BCUT2D eigenvalue weighted by Crippen LogP contribution is -2.52. The summed E-state index contributed by atoms with van der Waals surface area (Å²) in [4.78, 5) is 28.6. The Labute approximate surface area is 245 Å². The molecular formula is C29H33Cl2N3O5S. The Balaban J connectivity index is 2.08. The van der Waals surface area contributed by atoms with Crippen LogP contribution in [0.1, 0.15) is 32.3 Å². The predicted octanol–water partition coefficient (Wildman–Crippen LogP) is 5.53. The molecule has 0 aliphatic heterocycles. The molecule has 3 rings (SSSR count). The van der Waals surface area contributed by atoms with Crippen LogP contribution in [0.3, 0.4) is 0 Å². The molecule has 0 spiro atoms. The minimum Gasteiger partial charge on any atom is -0.497 e. The van der Waals surface area contributed by atoms with Gasteiger partial charge in [0, 0.05) is 23.1 Å². The number of anilines is 1. The van der Waals surface area contributed by atoms with Crippen molar-refractivity contribution >= 4 is 50.7 Å². The lowest BCUT2D eigenvalue weighted by molar-refractivity contribution is -0.140. The van der Waals surface area contributed by atoms with E-state index in [-0.39, 0.29) is 33.1 Å². The number of carbonyl (C=O) groups excluding carboxylic acids is 2. The standard InChI is InChI=1S/C29H33Cl2N3O5S/c1-4-14-32-29(36)27(5-2)33(19-21-10-9-11-25(15-21)39-3)28(35)20-34(24-17-22(30)16-23(31)18-24)40(37,38)26-12-7-6-8-13-26/h6-13,15-18,27H,4-5,14,19-20H2,1-3H3,(H,32,36)/t27-/m1/s1. The van der Waals surface area contributed by atoms with E-state index in [1.54, 1.807) is 43.3 Å². The first-order valence-electron chi connectivity index (χ1n) is 12.8. The van der Waals surface area contributed by atoms with Crippen LogP contribution in [0.5, 0.6) is 5.75 Å². The molecule has 1 N–H and O–H groups in total. The van der Waals surface area contributed by atoms with Gasteiger partial charge in [0.15, 0.2) is 0 Å². The molecule has 0 saturated carbocycles. The lowest BCUT2D eigenvalue weighted by Gasteiger charge is -2.33. The summed E-state index contributed by atoms with van der Waals surface area (Å²) in [5.74, 6) is -0.295. The van der Waals surface area contributed by atoms with Gasteiger partial charge >= 0.3 is 0 Å². The van der Waals surface area contributed by atoms with Crippen molar-refractivity contribution < 1.29 is 22.7 Å². The van der Waals surface area contributed by atoms with E-state index in [2.05, 4.69) is 5.32 Å². The molecule has 0 saturated heterocycles. The summed E-state index contributed by atoms with van der Waals surface area (Å²) in [6.45, 7) is 3.66. The number of benzene rings is 3. The highest BCUT2D eigenvalue weighted by molar-refractivity contribution is 7.92. The maximum atomic E-state index is 14.1. The molecule has 2 amide bonds. The molecule has 0 unspecified atom stereocenters. The number of sulfonamides is 1. The highest BCUT2D eigenvalue weighted by Crippen LogP contribution is 2.30. The number of hydrogen-bond acceptors (Lipinski definition) is 5. The summed E-state index contributed by atoms with van der Waals surface area (Å²) >= 11 is 12.4. The third-order valence-corrected chi connectivity index (χ3v) is 8.39. The zero-order chi connectivity index (χ0) is 29.3. The molecule has 0 fully saturated rings. The third-order valence-electron chi connectivity index (χ3n) is 6.17. The number of amides is 2. The van der Waals surface area contributed by atoms with Gasteiger partial charge in [0.05, 0.1) is 17.7 Å². The van der Waals surface area contributed by atoms with Crippen LogP contribution in [0, 0.1) is 0 Å². The van der Waals surface area contributed by atoms with E-state index >= 15 is 0 Å². The summed E-state index contributed by atoms with van der Waals surface area (Å²) in [5, 5.41) is 3.28. The van der Waals surface area contributed by atoms with Gasteiger partial charge in [0.2, 0.25) is 11.8 Å². The molecule has 3 aromatic rings. The van der Waals surface area contributed by atoms with Gasteiger partial charge in [-0.15, -0.1) is 0 Å². The van der Waals surface area contributed by atoms with Crippen LogP contribution >= 0.6 is 23.2 Å².